The fourth-order valence-corrected chi connectivity index (χ4v) is 4.33. The molecule has 1 N–H and O–H groups in total. The molecule has 1 aliphatic heterocycles. The zero-order chi connectivity index (χ0) is 15.3. The van der Waals surface area contributed by atoms with Gasteiger partial charge in [0.1, 0.15) is 0 Å². The minimum atomic E-state index is -0.139. The summed E-state index contributed by atoms with van der Waals surface area (Å²) in [6.45, 7) is 3.12. The highest BCUT2D eigenvalue weighted by molar-refractivity contribution is 6.30. The van der Waals surface area contributed by atoms with Crippen molar-refractivity contribution in [3.63, 3.8) is 0 Å². The molecule has 0 spiro atoms. The van der Waals surface area contributed by atoms with Crippen molar-refractivity contribution in [2.45, 2.75) is 51.0 Å². The Morgan fingerprint density at radius 3 is 2.73 bits per heavy atom. The van der Waals surface area contributed by atoms with Gasteiger partial charge in [-0.05, 0) is 62.1 Å². The summed E-state index contributed by atoms with van der Waals surface area (Å²) in [5.74, 6) is 1.29. The lowest BCUT2D eigenvalue weighted by molar-refractivity contribution is 0.0812. The molecule has 22 heavy (non-hydrogen) atoms. The number of urea groups is 1. The molecule has 1 unspecified atom stereocenters. The number of rotatable bonds is 5. The number of halogens is 1. The molecule has 3 nitrogen and oxygen atoms in total. The molecule has 2 amide bonds. The minimum Gasteiger partial charge on any atom is -0.314 e. The number of nitrogens with zero attached hydrogens (tertiary/aromatic N) is 1. The Hall–Kier alpha value is -1.22. The van der Waals surface area contributed by atoms with E-state index in [1.54, 1.807) is 0 Å². The molecule has 2 aliphatic carbocycles. The number of hydrogen-bond acceptors (Lipinski definition) is 1. The maximum absolute atomic E-state index is 12.8. The fourth-order valence-electron chi connectivity index (χ4n) is 4.15. The van der Waals surface area contributed by atoms with Gasteiger partial charge in [0.2, 0.25) is 0 Å². The van der Waals surface area contributed by atoms with Crippen LogP contribution in [0.15, 0.2) is 18.2 Å². The zero-order valence-corrected chi connectivity index (χ0v) is 13.8. The van der Waals surface area contributed by atoms with E-state index >= 15 is 0 Å². The molecule has 4 heteroatoms. The van der Waals surface area contributed by atoms with Gasteiger partial charge in [0.25, 0.3) is 0 Å². The van der Waals surface area contributed by atoms with Crippen LogP contribution in [0.25, 0.3) is 0 Å². The van der Waals surface area contributed by atoms with E-state index in [9.17, 15) is 4.79 Å². The number of fused-ring (bicyclic) bond motifs is 1. The molecule has 1 heterocycles. The normalized spacial score (nSPS) is 27.5. The third kappa shape index (κ3) is 2.21. The molecule has 1 atom stereocenters. The molecule has 0 aromatic heterocycles. The predicted molar refractivity (Wildman–Crippen MR) is 89.2 cm³/mol. The van der Waals surface area contributed by atoms with Crippen LogP contribution in [-0.4, -0.2) is 17.5 Å². The summed E-state index contributed by atoms with van der Waals surface area (Å²) in [4.78, 5) is 15.0. The summed E-state index contributed by atoms with van der Waals surface area (Å²) >= 11 is 6.30. The molecule has 4 rings (SSSR count). The third-order valence-electron chi connectivity index (χ3n) is 5.44. The maximum Gasteiger partial charge on any atom is 0.322 e. The van der Waals surface area contributed by atoms with Crippen LogP contribution >= 0.6 is 11.6 Å². The Labute approximate surface area is 137 Å². The van der Waals surface area contributed by atoms with E-state index in [0.29, 0.717) is 11.8 Å². The molecule has 2 saturated carbocycles. The van der Waals surface area contributed by atoms with Gasteiger partial charge >= 0.3 is 6.03 Å². The summed E-state index contributed by atoms with van der Waals surface area (Å²) in [7, 11) is 0. The van der Waals surface area contributed by atoms with Crippen LogP contribution in [0.5, 0.6) is 0 Å². The second-order valence-electron chi connectivity index (χ2n) is 7.12. The molecule has 1 aromatic carbocycles. The summed E-state index contributed by atoms with van der Waals surface area (Å²) in [6.07, 6.45) is 7.08. The SMILES string of the molecule is CCCC1(C2CC2)c2cc(Cl)ccc2NC(=O)N1CC1CC1. The summed E-state index contributed by atoms with van der Waals surface area (Å²) in [5, 5.41) is 3.86. The number of carbonyl (C=O) groups is 1. The van der Waals surface area contributed by atoms with Crippen LogP contribution in [0.1, 0.15) is 51.0 Å². The molecular weight excluding hydrogens is 296 g/mol. The third-order valence-corrected chi connectivity index (χ3v) is 5.67. The van der Waals surface area contributed by atoms with E-state index in [2.05, 4.69) is 23.2 Å². The largest absolute Gasteiger partial charge is 0.322 e. The second kappa shape index (κ2) is 5.16. The summed E-state index contributed by atoms with van der Waals surface area (Å²) in [6, 6.07) is 6.02. The van der Waals surface area contributed by atoms with Gasteiger partial charge in [-0.25, -0.2) is 4.79 Å². The second-order valence-corrected chi connectivity index (χ2v) is 7.56. The standard InChI is InChI=1S/C18H23ClN2O/c1-2-9-18(13-5-6-13)15-10-14(19)7-8-16(15)20-17(22)21(18)11-12-3-4-12/h7-8,10,12-13H,2-6,9,11H2,1H3,(H,20,22). The Balaban J connectivity index is 1.85. The number of carbonyl (C=O) groups excluding carboxylic acids is 1. The predicted octanol–water partition coefficient (Wildman–Crippen LogP) is 5.00. The first-order chi connectivity index (χ1) is 10.6. The quantitative estimate of drug-likeness (QED) is 0.813. The lowest BCUT2D eigenvalue weighted by Crippen LogP contribution is -2.56. The van der Waals surface area contributed by atoms with Crippen LogP contribution < -0.4 is 5.32 Å². The topological polar surface area (TPSA) is 32.3 Å². The van der Waals surface area contributed by atoms with Gasteiger partial charge in [0.15, 0.2) is 0 Å². The molecule has 0 saturated heterocycles. The van der Waals surface area contributed by atoms with Crippen LogP contribution in [0.4, 0.5) is 10.5 Å². The first kappa shape index (κ1) is 14.4. The monoisotopic (exact) mass is 318 g/mol. The average Bonchev–Trinajstić information content (AvgIpc) is 3.37. The zero-order valence-electron chi connectivity index (χ0n) is 13.1. The molecule has 118 valence electrons. The van der Waals surface area contributed by atoms with Gasteiger partial charge in [-0.1, -0.05) is 24.9 Å². The van der Waals surface area contributed by atoms with Crippen molar-refractivity contribution in [3.8, 4) is 0 Å². The van der Waals surface area contributed by atoms with Gasteiger partial charge in [0, 0.05) is 22.8 Å². The average molecular weight is 319 g/mol. The van der Waals surface area contributed by atoms with Crippen molar-refractivity contribution in [3.05, 3.63) is 28.8 Å². The minimum absolute atomic E-state index is 0.0853. The Kier molecular flexibility index (Phi) is 3.37. The van der Waals surface area contributed by atoms with Crippen molar-refractivity contribution in [2.75, 3.05) is 11.9 Å². The number of anilines is 1. The number of amides is 2. The van der Waals surface area contributed by atoms with Crippen LogP contribution in [0.2, 0.25) is 5.02 Å². The molecule has 0 radical (unpaired) electrons. The highest BCUT2D eigenvalue weighted by Crippen LogP contribution is 2.56. The van der Waals surface area contributed by atoms with E-state index in [0.717, 1.165) is 30.1 Å². The maximum atomic E-state index is 12.8. The lowest BCUT2D eigenvalue weighted by Gasteiger charge is -2.49. The van der Waals surface area contributed by atoms with E-state index in [1.165, 1.54) is 31.2 Å². The smallest absolute Gasteiger partial charge is 0.314 e. The van der Waals surface area contributed by atoms with Crippen molar-refractivity contribution in [2.24, 2.45) is 11.8 Å². The number of benzene rings is 1. The van der Waals surface area contributed by atoms with Crippen molar-refractivity contribution < 1.29 is 4.79 Å². The Morgan fingerprint density at radius 2 is 2.09 bits per heavy atom. The van der Waals surface area contributed by atoms with Gasteiger partial charge in [-0.3, -0.25) is 0 Å². The van der Waals surface area contributed by atoms with E-state index in [4.69, 9.17) is 11.6 Å². The van der Waals surface area contributed by atoms with Gasteiger partial charge < -0.3 is 10.2 Å². The molecule has 3 aliphatic rings. The molecule has 1 aromatic rings. The number of hydrogen-bond donors (Lipinski definition) is 1. The number of nitrogens with one attached hydrogen (secondary N) is 1. The van der Waals surface area contributed by atoms with Gasteiger partial charge in [-0.15, -0.1) is 0 Å². The van der Waals surface area contributed by atoms with Crippen molar-refractivity contribution in [1.29, 1.82) is 0 Å². The van der Waals surface area contributed by atoms with Crippen LogP contribution in [0, 0.1) is 11.8 Å². The molecule has 0 bridgehead atoms. The van der Waals surface area contributed by atoms with E-state index < -0.39 is 0 Å². The van der Waals surface area contributed by atoms with E-state index in [-0.39, 0.29) is 11.6 Å². The molecular formula is C18H23ClN2O. The first-order valence-corrected chi connectivity index (χ1v) is 8.91. The van der Waals surface area contributed by atoms with Crippen LogP contribution in [0.3, 0.4) is 0 Å². The molecule has 2 fully saturated rings. The highest BCUT2D eigenvalue weighted by atomic mass is 35.5. The highest BCUT2D eigenvalue weighted by Gasteiger charge is 2.55. The van der Waals surface area contributed by atoms with Gasteiger partial charge in [-0.2, -0.15) is 0 Å². The first-order valence-electron chi connectivity index (χ1n) is 8.54. The van der Waals surface area contributed by atoms with E-state index in [1.807, 2.05) is 12.1 Å². The van der Waals surface area contributed by atoms with Crippen LogP contribution in [-0.2, 0) is 5.54 Å². The lowest BCUT2D eigenvalue weighted by atomic mass is 9.77. The summed E-state index contributed by atoms with van der Waals surface area (Å²) in [5.41, 5.74) is 2.06. The van der Waals surface area contributed by atoms with Crippen molar-refractivity contribution in [1.82, 2.24) is 4.90 Å². The van der Waals surface area contributed by atoms with Crippen molar-refractivity contribution >= 4 is 23.3 Å². The fraction of sp³-hybridized carbons (Fsp3) is 0.611. The summed E-state index contributed by atoms with van der Waals surface area (Å²) < 4.78 is 0. The Bertz CT molecular complexity index is 609. The Morgan fingerprint density at radius 1 is 1.32 bits per heavy atom. The van der Waals surface area contributed by atoms with Gasteiger partial charge in [0.05, 0.1) is 5.54 Å².